The molecule has 0 fully saturated rings. The molecule has 1 heterocycles. The Bertz CT molecular complexity index is 500. The van der Waals surface area contributed by atoms with Gasteiger partial charge < -0.3 is 0 Å². The van der Waals surface area contributed by atoms with Crippen LogP contribution in [-0.2, 0) is 0 Å². The molecule has 0 saturated heterocycles. The predicted octanol–water partition coefficient (Wildman–Crippen LogP) is 1.26. The van der Waals surface area contributed by atoms with Crippen LogP contribution in [0.5, 0.6) is 0 Å². The van der Waals surface area contributed by atoms with Crippen LogP contribution in [0.3, 0.4) is 0 Å². The Hall–Kier alpha value is -2.27. The molecule has 5 heteroatoms. The summed E-state index contributed by atoms with van der Waals surface area (Å²) >= 11 is 0. The highest BCUT2D eigenvalue weighted by Gasteiger charge is 2.11. The van der Waals surface area contributed by atoms with Crippen molar-refractivity contribution in [1.29, 1.82) is 0 Å². The van der Waals surface area contributed by atoms with Crippen LogP contribution < -0.4 is 5.48 Å². The van der Waals surface area contributed by atoms with Gasteiger partial charge >= 0.3 is 0 Å². The monoisotopic (exact) mass is 215 g/mol. The lowest BCUT2D eigenvalue weighted by molar-refractivity contribution is 0.0707. The van der Waals surface area contributed by atoms with E-state index in [1.165, 1.54) is 6.33 Å². The summed E-state index contributed by atoms with van der Waals surface area (Å²) in [5.41, 5.74) is 3.26. The van der Waals surface area contributed by atoms with Crippen molar-refractivity contribution >= 4 is 5.91 Å². The largest absolute Gasteiger partial charge is 0.288 e. The van der Waals surface area contributed by atoms with Gasteiger partial charge in [-0.05, 0) is 12.1 Å². The number of aromatic nitrogens is 2. The first-order valence-corrected chi connectivity index (χ1v) is 4.63. The van der Waals surface area contributed by atoms with Crippen LogP contribution in [0.25, 0.3) is 11.3 Å². The number of rotatable bonds is 2. The zero-order chi connectivity index (χ0) is 11.4. The highest BCUT2D eigenvalue weighted by atomic mass is 16.5. The minimum absolute atomic E-state index is 0.365. The minimum atomic E-state index is -0.561. The maximum atomic E-state index is 11.4. The molecule has 2 rings (SSSR count). The first kappa shape index (κ1) is 10.3. The van der Waals surface area contributed by atoms with E-state index in [0.29, 0.717) is 16.8 Å². The fourth-order valence-electron chi connectivity index (χ4n) is 1.41. The molecule has 1 aromatic carbocycles. The smallest absolute Gasteiger partial charge is 0.275 e. The Kier molecular flexibility index (Phi) is 2.88. The normalized spacial score (nSPS) is 9.81. The molecule has 0 saturated carbocycles. The molecule has 80 valence electrons. The third-order valence-electron chi connectivity index (χ3n) is 2.13. The summed E-state index contributed by atoms with van der Waals surface area (Å²) in [5, 5.41) is 8.63. The molecule has 1 aromatic heterocycles. The molecule has 2 aromatic rings. The third kappa shape index (κ3) is 1.89. The van der Waals surface area contributed by atoms with E-state index in [9.17, 15) is 4.79 Å². The average molecular weight is 215 g/mol. The Morgan fingerprint density at radius 2 is 2.06 bits per heavy atom. The van der Waals surface area contributed by atoms with E-state index in [-0.39, 0.29) is 0 Å². The molecule has 2 N–H and O–H groups in total. The third-order valence-corrected chi connectivity index (χ3v) is 2.13. The highest BCUT2D eigenvalue weighted by Crippen LogP contribution is 2.20. The number of nitrogens with zero attached hydrogens (tertiary/aromatic N) is 2. The van der Waals surface area contributed by atoms with Gasteiger partial charge in [-0.3, -0.25) is 10.0 Å². The molecular formula is C11H9N3O2. The summed E-state index contributed by atoms with van der Waals surface area (Å²) in [6, 6.07) is 8.58. The van der Waals surface area contributed by atoms with Crippen molar-refractivity contribution in [3.63, 3.8) is 0 Å². The number of carbonyl (C=O) groups is 1. The first-order chi connectivity index (χ1) is 7.83. The van der Waals surface area contributed by atoms with Crippen molar-refractivity contribution in [2.24, 2.45) is 0 Å². The second kappa shape index (κ2) is 4.50. The zero-order valence-electron chi connectivity index (χ0n) is 8.29. The lowest BCUT2D eigenvalue weighted by Crippen LogP contribution is -2.19. The second-order valence-corrected chi connectivity index (χ2v) is 3.08. The van der Waals surface area contributed by atoms with Gasteiger partial charge in [0.05, 0.1) is 11.3 Å². The van der Waals surface area contributed by atoms with Crippen molar-refractivity contribution in [3.8, 4) is 11.3 Å². The minimum Gasteiger partial charge on any atom is -0.288 e. The van der Waals surface area contributed by atoms with E-state index in [1.807, 2.05) is 0 Å². The van der Waals surface area contributed by atoms with Gasteiger partial charge in [-0.25, -0.2) is 15.4 Å². The van der Waals surface area contributed by atoms with Crippen LogP contribution in [0.15, 0.2) is 42.9 Å². The van der Waals surface area contributed by atoms with Gasteiger partial charge in [-0.2, -0.15) is 0 Å². The topological polar surface area (TPSA) is 75.1 Å². The van der Waals surface area contributed by atoms with Gasteiger partial charge in [-0.1, -0.05) is 18.2 Å². The number of amides is 1. The van der Waals surface area contributed by atoms with Crippen LogP contribution >= 0.6 is 0 Å². The number of hydrogen-bond acceptors (Lipinski definition) is 4. The van der Waals surface area contributed by atoms with Gasteiger partial charge in [0.1, 0.15) is 6.33 Å². The predicted molar refractivity (Wildman–Crippen MR) is 56.7 cm³/mol. The van der Waals surface area contributed by atoms with E-state index in [0.717, 1.165) is 0 Å². The van der Waals surface area contributed by atoms with Crippen LogP contribution in [0.2, 0.25) is 0 Å². The lowest BCUT2D eigenvalue weighted by atomic mass is 10.0. The van der Waals surface area contributed by atoms with Crippen LogP contribution in [0.1, 0.15) is 10.4 Å². The Morgan fingerprint density at radius 3 is 2.75 bits per heavy atom. The Morgan fingerprint density at radius 1 is 1.25 bits per heavy atom. The SMILES string of the molecule is O=C(NO)c1ccccc1-c1ccncn1. The van der Waals surface area contributed by atoms with Crippen molar-refractivity contribution in [1.82, 2.24) is 15.4 Å². The molecule has 0 aliphatic heterocycles. The van der Waals surface area contributed by atoms with E-state index in [2.05, 4.69) is 9.97 Å². The van der Waals surface area contributed by atoms with Crippen LogP contribution in [0, 0.1) is 0 Å². The molecule has 16 heavy (non-hydrogen) atoms. The molecule has 0 bridgehead atoms. The van der Waals surface area contributed by atoms with Gasteiger partial charge in [-0.15, -0.1) is 0 Å². The standard InChI is InChI=1S/C11H9N3O2/c15-11(14-16)9-4-2-1-3-8(9)10-5-6-12-7-13-10/h1-7,16H,(H,14,15). The molecule has 0 unspecified atom stereocenters. The molecule has 0 radical (unpaired) electrons. The fraction of sp³-hybridized carbons (Fsp3) is 0. The van der Waals surface area contributed by atoms with Gasteiger partial charge in [0.15, 0.2) is 0 Å². The zero-order valence-corrected chi connectivity index (χ0v) is 8.29. The molecular weight excluding hydrogens is 206 g/mol. The molecule has 0 atom stereocenters. The van der Waals surface area contributed by atoms with E-state index in [4.69, 9.17) is 5.21 Å². The Balaban J connectivity index is 2.53. The van der Waals surface area contributed by atoms with Crippen molar-refractivity contribution in [2.45, 2.75) is 0 Å². The van der Waals surface area contributed by atoms with Crippen LogP contribution in [0.4, 0.5) is 0 Å². The number of nitrogens with one attached hydrogen (secondary N) is 1. The molecule has 0 spiro atoms. The number of benzene rings is 1. The average Bonchev–Trinajstić information content (AvgIpc) is 2.39. The fourth-order valence-corrected chi connectivity index (χ4v) is 1.41. The highest BCUT2D eigenvalue weighted by molar-refractivity contribution is 5.99. The summed E-state index contributed by atoms with van der Waals surface area (Å²) in [4.78, 5) is 19.3. The lowest BCUT2D eigenvalue weighted by Gasteiger charge is -2.06. The van der Waals surface area contributed by atoms with E-state index in [1.54, 1.807) is 42.0 Å². The molecule has 0 aliphatic carbocycles. The maximum Gasteiger partial charge on any atom is 0.275 e. The number of hydrogen-bond donors (Lipinski definition) is 2. The summed E-state index contributed by atoms with van der Waals surface area (Å²) in [6.07, 6.45) is 3.00. The quantitative estimate of drug-likeness (QED) is 0.584. The van der Waals surface area contributed by atoms with E-state index >= 15 is 0 Å². The second-order valence-electron chi connectivity index (χ2n) is 3.08. The summed E-state index contributed by atoms with van der Waals surface area (Å²) < 4.78 is 0. The summed E-state index contributed by atoms with van der Waals surface area (Å²) in [5.74, 6) is -0.561. The van der Waals surface area contributed by atoms with Gasteiger partial charge in [0.25, 0.3) is 5.91 Å². The van der Waals surface area contributed by atoms with Crippen LogP contribution in [-0.4, -0.2) is 21.1 Å². The van der Waals surface area contributed by atoms with Gasteiger partial charge in [0.2, 0.25) is 0 Å². The number of hydroxylamine groups is 1. The van der Waals surface area contributed by atoms with Crippen molar-refractivity contribution in [2.75, 3.05) is 0 Å². The maximum absolute atomic E-state index is 11.4. The first-order valence-electron chi connectivity index (χ1n) is 4.63. The summed E-state index contributed by atoms with van der Waals surface area (Å²) in [6.45, 7) is 0. The Labute approximate surface area is 91.8 Å². The van der Waals surface area contributed by atoms with Crippen molar-refractivity contribution < 1.29 is 10.0 Å². The number of carbonyl (C=O) groups excluding carboxylic acids is 1. The molecule has 0 aliphatic rings. The van der Waals surface area contributed by atoms with Crippen molar-refractivity contribution in [3.05, 3.63) is 48.4 Å². The van der Waals surface area contributed by atoms with Gasteiger partial charge in [0, 0.05) is 11.8 Å². The molecule has 5 nitrogen and oxygen atoms in total. The van der Waals surface area contributed by atoms with E-state index < -0.39 is 5.91 Å². The molecule has 1 amide bonds. The summed E-state index contributed by atoms with van der Waals surface area (Å²) in [7, 11) is 0.